The van der Waals surface area contributed by atoms with Gasteiger partial charge in [0, 0.05) is 15.4 Å². The molecule has 0 fully saturated rings. The number of halogens is 10. The molecule has 0 saturated carbocycles. The van der Waals surface area contributed by atoms with Gasteiger partial charge >= 0.3 is 0 Å². The molecule has 0 N–H and O–H groups in total. The predicted molar refractivity (Wildman–Crippen MR) is 99.1 cm³/mol. The van der Waals surface area contributed by atoms with Crippen molar-refractivity contribution in [3.63, 3.8) is 0 Å². The van der Waals surface area contributed by atoms with E-state index in [0.717, 1.165) is 0 Å². The third-order valence-electron chi connectivity index (χ3n) is 4.28. The number of aryl methyl sites for hydroxylation is 2. The fourth-order valence-corrected chi connectivity index (χ4v) is 5.41. The van der Waals surface area contributed by atoms with Crippen LogP contribution in [-0.2, 0) is 29.3 Å². The van der Waals surface area contributed by atoms with Crippen molar-refractivity contribution in [3.05, 3.63) is 75.0 Å². The first-order chi connectivity index (χ1) is 15.9. The average molecular weight is 538 g/mol. The molecule has 1 heterocycles. The van der Waals surface area contributed by atoms with Crippen LogP contribution in [0.2, 0.25) is 0 Å². The van der Waals surface area contributed by atoms with Crippen LogP contribution < -0.4 is 5.04 Å². The number of hydrogen-bond donors (Lipinski definition) is 0. The highest BCUT2D eigenvalue weighted by atomic mass is 31.2. The quantitative estimate of drug-likeness (QED) is 0.159. The van der Waals surface area contributed by atoms with Crippen LogP contribution in [0.5, 0.6) is 0 Å². The molecule has 0 aliphatic heterocycles. The standard InChI is InChI=1S/C18H10F10N2O2P2/c1-5-18(33-30(2)29-5)34(31-3-6-8(19)12(23)16(27)13(24)9(6)20)32-4-7-10(21)14(25)17(28)15(26)11(7)22/h3-4H2,1-2H3. The average Bonchev–Trinajstić information content (AvgIpc) is 3.14. The monoisotopic (exact) mass is 538 g/mol. The molecule has 0 bridgehead atoms. The first-order valence-corrected chi connectivity index (χ1v) is 10.8. The molecule has 0 atom stereocenters. The van der Waals surface area contributed by atoms with Gasteiger partial charge in [-0.15, -0.1) is 0 Å². The molecule has 34 heavy (non-hydrogen) atoms. The van der Waals surface area contributed by atoms with Gasteiger partial charge < -0.3 is 9.05 Å². The lowest BCUT2D eigenvalue weighted by Crippen LogP contribution is -2.12. The maximum atomic E-state index is 14.0. The van der Waals surface area contributed by atoms with Crippen molar-refractivity contribution in [3.8, 4) is 0 Å². The van der Waals surface area contributed by atoms with Crippen LogP contribution in [0, 0.1) is 65.1 Å². The van der Waals surface area contributed by atoms with Crippen molar-refractivity contribution in [1.29, 1.82) is 0 Å². The molecule has 0 unspecified atom stereocenters. The van der Waals surface area contributed by atoms with Gasteiger partial charge in [-0.25, -0.2) is 48.3 Å². The smallest absolute Gasteiger partial charge is 0.214 e. The Hall–Kier alpha value is -2.27. The summed E-state index contributed by atoms with van der Waals surface area (Å²) < 4.78 is 148. The zero-order chi connectivity index (χ0) is 25.5. The first kappa shape index (κ1) is 26.3. The summed E-state index contributed by atoms with van der Waals surface area (Å²) in [6, 6.07) is 0. The highest BCUT2D eigenvalue weighted by Gasteiger charge is 2.30. The van der Waals surface area contributed by atoms with Crippen molar-refractivity contribution < 1.29 is 53.0 Å². The maximum Gasteiger partial charge on any atom is 0.214 e. The fourth-order valence-electron chi connectivity index (χ4n) is 2.62. The van der Waals surface area contributed by atoms with Gasteiger partial charge in [0.1, 0.15) is 0 Å². The number of hydrogen-bond acceptors (Lipinski definition) is 3. The topological polar surface area (TPSA) is 36.3 Å². The van der Waals surface area contributed by atoms with Gasteiger partial charge in [-0.3, -0.25) is 0 Å². The number of aromatic nitrogens is 2. The van der Waals surface area contributed by atoms with E-state index in [1.807, 2.05) is 0 Å². The van der Waals surface area contributed by atoms with Crippen LogP contribution in [0.1, 0.15) is 16.8 Å². The molecule has 0 amide bonds. The summed E-state index contributed by atoms with van der Waals surface area (Å²) in [6.45, 7) is -1.07. The predicted octanol–water partition coefficient (Wildman–Crippen LogP) is 6.07. The van der Waals surface area contributed by atoms with Crippen LogP contribution in [0.4, 0.5) is 43.9 Å². The van der Waals surface area contributed by atoms with E-state index in [1.165, 1.54) is 18.4 Å². The lowest BCUT2D eigenvalue weighted by Gasteiger charge is -2.18. The molecule has 184 valence electrons. The van der Waals surface area contributed by atoms with E-state index in [9.17, 15) is 43.9 Å². The van der Waals surface area contributed by atoms with Crippen molar-refractivity contribution in [2.24, 2.45) is 7.05 Å². The van der Waals surface area contributed by atoms with Gasteiger partial charge in [-0.05, 0) is 6.92 Å². The molecule has 2 aromatic carbocycles. The first-order valence-electron chi connectivity index (χ1n) is 8.81. The van der Waals surface area contributed by atoms with Crippen LogP contribution >= 0.6 is 16.7 Å². The number of rotatable bonds is 7. The summed E-state index contributed by atoms with van der Waals surface area (Å²) in [6.07, 6.45) is 0. The second-order valence-corrected chi connectivity index (χ2v) is 9.56. The molecule has 3 aromatic rings. The normalized spacial score (nSPS) is 11.9. The molecular formula is C18H10F10N2O2P2. The molecule has 0 saturated heterocycles. The lowest BCUT2D eigenvalue weighted by molar-refractivity contribution is 0.226. The Bertz CT molecular complexity index is 1140. The summed E-state index contributed by atoms with van der Waals surface area (Å²) in [5.74, 6) is -22.4. The van der Waals surface area contributed by atoms with Crippen molar-refractivity contribution >= 4 is 21.8 Å². The highest BCUT2D eigenvalue weighted by Crippen LogP contribution is 2.44. The molecule has 0 spiro atoms. The molecule has 3 rings (SSSR count). The van der Waals surface area contributed by atoms with Gasteiger partial charge in [-0.2, -0.15) is 5.10 Å². The van der Waals surface area contributed by atoms with Gasteiger partial charge in [0.25, 0.3) is 0 Å². The van der Waals surface area contributed by atoms with Crippen LogP contribution in [0.25, 0.3) is 0 Å². The maximum absolute atomic E-state index is 14.0. The molecule has 1 aromatic heterocycles. The van der Waals surface area contributed by atoms with Crippen LogP contribution in [0.15, 0.2) is 0 Å². The third kappa shape index (κ3) is 4.77. The van der Waals surface area contributed by atoms with E-state index < -0.39 is 90.9 Å². The molecule has 0 aliphatic rings. The van der Waals surface area contributed by atoms with Gasteiger partial charge in [0.2, 0.25) is 20.0 Å². The Morgan fingerprint density at radius 3 is 1.26 bits per heavy atom. The zero-order valence-corrected chi connectivity index (χ0v) is 18.6. The summed E-state index contributed by atoms with van der Waals surface area (Å²) in [5, 5.41) is 4.10. The van der Waals surface area contributed by atoms with Crippen LogP contribution in [0.3, 0.4) is 0 Å². The molecule has 0 radical (unpaired) electrons. The molecule has 16 heteroatoms. The zero-order valence-electron chi connectivity index (χ0n) is 16.8. The van der Waals surface area contributed by atoms with Gasteiger partial charge in [0.15, 0.2) is 46.5 Å². The summed E-state index contributed by atoms with van der Waals surface area (Å²) in [4.78, 5) is 0. The summed E-state index contributed by atoms with van der Waals surface area (Å²) in [7, 11) is -0.869. The Morgan fingerprint density at radius 1 is 0.647 bits per heavy atom. The summed E-state index contributed by atoms with van der Waals surface area (Å²) >= 11 is 0. The lowest BCUT2D eigenvalue weighted by atomic mass is 10.2. The van der Waals surface area contributed by atoms with E-state index in [-0.39, 0.29) is 19.1 Å². The van der Waals surface area contributed by atoms with Crippen molar-refractivity contribution in [2.45, 2.75) is 20.1 Å². The molecule has 0 aliphatic carbocycles. The Labute approximate surface area is 187 Å². The Morgan fingerprint density at radius 2 is 0.971 bits per heavy atom. The van der Waals surface area contributed by atoms with E-state index in [2.05, 4.69) is 5.10 Å². The van der Waals surface area contributed by atoms with Crippen molar-refractivity contribution in [1.82, 2.24) is 9.54 Å². The van der Waals surface area contributed by atoms with E-state index in [1.54, 1.807) is 0 Å². The van der Waals surface area contributed by atoms with Gasteiger partial charge in [0.05, 0.1) is 35.1 Å². The minimum absolute atomic E-state index is 0.130. The molecule has 4 nitrogen and oxygen atoms in total. The van der Waals surface area contributed by atoms with Gasteiger partial charge in [-0.1, -0.05) is 0 Å². The van der Waals surface area contributed by atoms with E-state index >= 15 is 0 Å². The second-order valence-electron chi connectivity index (χ2n) is 6.50. The highest BCUT2D eigenvalue weighted by molar-refractivity contribution is 7.66. The SMILES string of the molecule is Cc1nn(C)pc1P(OCc1c(F)c(F)c(F)c(F)c1F)OCc1c(F)c(F)c(F)c(F)c1F. The number of nitrogens with zero attached hydrogens (tertiary/aromatic N) is 2. The minimum Gasteiger partial charge on any atom is -0.325 e. The number of benzene rings is 2. The summed E-state index contributed by atoms with van der Waals surface area (Å²) in [5.41, 5.74) is -2.51. The minimum atomic E-state index is -2.59. The largest absolute Gasteiger partial charge is 0.325 e. The van der Waals surface area contributed by atoms with Crippen molar-refractivity contribution in [2.75, 3.05) is 0 Å². The fraction of sp³-hybridized carbons (Fsp3) is 0.222. The van der Waals surface area contributed by atoms with Crippen LogP contribution in [-0.4, -0.2) is 9.54 Å². The van der Waals surface area contributed by atoms with E-state index in [0.29, 0.717) is 0 Å². The second kappa shape index (κ2) is 10.2. The third-order valence-corrected chi connectivity index (χ3v) is 7.33. The Kier molecular flexibility index (Phi) is 7.86. The molecular weight excluding hydrogens is 528 g/mol. The Balaban J connectivity index is 1.95. The van der Waals surface area contributed by atoms with E-state index in [4.69, 9.17) is 9.05 Å².